The first-order valence-electron chi connectivity index (χ1n) is 6.83. The molecule has 2 aromatic rings. The minimum Gasteiger partial charge on any atom is -0.286 e. The quantitative estimate of drug-likeness (QED) is 0.868. The van der Waals surface area contributed by atoms with Crippen LogP contribution in [0.1, 0.15) is 13.3 Å². The lowest BCUT2D eigenvalue weighted by molar-refractivity contribution is -0.127. The molecule has 0 bridgehead atoms. The number of nitrogens with zero attached hydrogens (tertiary/aromatic N) is 3. The van der Waals surface area contributed by atoms with Crippen LogP contribution < -0.4 is 4.90 Å². The van der Waals surface area contributed by atoms with E-state index < -0.39 is 0 Å². The number of thiazole rings is 1. The van der Waals surface area contributed by atoms with Gasteiger partial charge in [0.15, 0.2) is 5.13 Å². The van der Waals surface area contributed by atoms with Crippen LogP contribution in [0.25, 0.3) is 10.4 Å². The Kier molecular flexibility index (Phi) is 4.01. The van der Waals surface area contributed by atoms with Crippen LogP contribution in [0.15, 0.2) is 34.9 Å². The van der Waals surface area contributed by atoms with Gasteiger partial charge < -0.3 is 0 Å². The summed E-state index contributed by atoms with van der Waals surface area (Å²) in [4.78, 5) is 20.5. The molecule has 1 fully saturated rings. The van der Waals surface area contributed by atoms with Crippen molar-refractivity contribution in [3.8, 4) is 10.4 Å². The maximum atomic E-state index is 11.8. The number of anilines is 1. The molecule has 0 unspecified atom stereocenters. The molecule has 1 aromatic carbocycles. The summed E-state index contributed by atoms with van der Waals surface area (Å²) in [5, 5.41) is 8.93. The standard InChI is InChI=1S/C15H15BrN4OS/c1-9-6-13(21)19(2)14(17)20(9)15-18-8-12(22-15)10-4-3-5-11(16)7-10/h3-5,7-9,17H,6H2,1-2H3/t9-/m0/s1. The minimum atomic E-state index is -0.0577. The Morgan fingerprint density at radius 3 is 2.95 bits per heavy atom. The summed E-state index contributed by atoms with van der Waals surface area (Å²) in [6.07, 6.45) is 2.21. The average Bonchev–Trinajstić information content (AvgIpc) is 2.94. The molecule has 0 spiro atoms. The van der Waals surface area contributed by atoms with Crippen LogP contribution >= 0.6 is 27.3 Å². The molecule has 5 nitrogen and oxygen atoms in total. The van der Waals surface area contributed by atoms with Gasteiger partial charge in [-0.15, -0.1) is 0 Å². The van der Waals surface area contributed by atoms with Gasteiger partial charge in [-0.1, -0.05) is 39.4 Å². The van der Waals surface area contributed by atoms with E-state index in [2.05, 4.69) is 20.9 Å². The van der Waals surface area contributed by atoms with Gasteiger partial charge in [0, 0.05) is 30.2 Å². The topological polar surface area (TPSA) is 60.3 Å². The number of carbonyl (C=O) groups excluding carboxylic acids is 1. The third kappa shape index (κ3) is 2.66. The van der Waals surface area contributed by atoms with E-state index in [0.29, 0.717) is 6.42 Å². The second-order valence-electron chi connectivity index (χ2n) is 5.22. The van der Waals surface area contributed by atoms with Gasteiger partial charge in [-0.3, -0.25) is 20.0 Å². The summed E-state index contributed by atoms with van der Waals surface area (Å²) in [6.45, 7) is 1.94. The summed E-state index contributed by atoms with van der Waals surface area (Å²) < 4.78 is 1.02. The van der Waals surface area contributed by atoms with Crippen molar-refractivity contribution < 1.29 is 4.79 Å². The highest BCUT2D eigenvalue weighted by molar-refractivity contribution is 9.10. The largest absolute Gasteiger partial charge is 0.286 e. The van der Waals surface area contributed by atoms with Crippen molar-refractivity contribution in [1.29, 1.82) is 5.41 Å². The lowest BCUT2D eigenvalue weighted by atomic mass is 10.1. The zero-order chi connectivity index (χ0) is 15.9. The number of halogens is 1. The van der Waals surface area contributed by atoms with Crippen molar-refractivity contribution in [1.82, 2.24) is 9.88 Å². The molecular weight excluding hydrogens is 364 g/mol. The monoisotopic (exact) mass is 378 g/mol. The molecule has 22 heavy (non-hydrogen) atoms. The SMILES string of the molecule is C[C@H]1CC(=O)N(C)C(=N)N1c1ncc(-c2cccc(Br)c2)s1. The fourth-order valence-electron chi connectivity index (χ4n) is 2.40. The number of rotatable bonds is 2. The zero-order valence-electron chi connectivity index (χ0n) is 12.2. The predicted molar refractivity (Wildman–Crippen MR) is 92.3 cm³/mol. The second kappa shape index (κ2) is 5.81. The Labute approximate surface area is 141 Å². The van der Waals surface area contributed by atoms with E-state index in [9.17, 15) is 4.79 Å². The molecule has 1 aliphatic heterocycles. The zero-order valence-corrected chi connectivity index (χ0v) is 14.6. The third-order valence-corrected chi connectivity index (χ3v) is 5.18. The Hall–Kier alpha value is -1.73. The number of amides is 1. The van der Waals surface area contributed by atoms with E-state index in [0.717, 1.165) is 20.0 Å². The number of hydrogen-bond acceptors (Lipinski definition) is 4. The van der Waals surface area contributed by atoms with Crippen molar-refractivity contribution in [2.75, 3.05) is 11.9 Å². The molecule has 3 rings (SSSR count). The third-order valence-electron chi connectivity index (χ3n) is 3.64. The number of aromatic nitrogens is 1. The van der Waals surface area contributed by atoms with Gasteiger partial charge in [0.1, 0.15) is 0 Å². The summed E-state index contributed by atoms with van der Waals surface area (Å²) >= 11 is 5.00. The Balaban J connectivity index is 1.93. The summed E-state index contributed by atoms with van der Waals surface area (Å²) in [7, 11) is 1.63. The first-order valence-corrected chi connectivity index (χ1v) is 8.44. The van der Waals surface area contributed by atoms with Gasteiger partial charge in [0.05, 0.1) is 4.88 Å². The second-order valence-corrected chi connectivity index (χ2v) is 7.14. The predicted octanol–water partition coefficient (Wildman–Crippen LogP) is 3.56. The van der Waals surface area contributed by atoms with Crippen LogP contribution in [0.3, 0.4) is 0 Å². The Morgan fingerprint density at radius 1 is 1.45 bits per heavy atom. The Bertz CT molecular complexity index is 745. The van der Waals surface area contributed by atoms with Crippen molar-refractivity contribution in [3.05, 3.63) is 34.9 Å². The lowest BCUT2D eigenvalue weighted by Crippen LogP contribution is -2.55. The highest BCUT2D eigenvalue weighted by Crippen LogP contribution is 2.34. The molecule has 1 aromatic heterocycles. The number of nitrogens with one attached hydrogen (secondary N) is 1. The van der Waals surface area contributed by atoms with Gasteiger partial charge >= 0.3 is 0 Å². The van der Waals surface area contributed by atoms with Gasteiger partial charge in [-0.25, -0.2) is 4.98 Å². The molecule has 0 radical (unpaired) electrons. The van der Waals surface area contributed by atoms with Crippen molar-refractivity contribution in [2.45, 2.75) is 19.4 Å². The summed E-state index contributed by atoms with van der Waals surface area (Å²) in [5.41, 5.74) is 1.08. The van der Waals surface area contributed by atoms with Gasteiger partial charge in [0.2, 0.25) is 11.9 Å². The molecule has 1 amide bonds. The van der Waals surface area contributed by atoms with E-state index in [1.165, 1.54) is 16.2 Å². The number of carbonyl (C=O) groups is 1. The van der Waals surface area contributed by atoms with Gasteiger partial charge in [0.25, 0.3) is 0 Å². The molecule has 1 atom stereocenters. The van der Waals surface area contributed by atoms with Gasteiger partial charge in [-0.2, -0.15) is 0 Å². The summed E-state index contributed by atoms with van der Waals surface area (Å²) in [6, 6.07) is 7.98. The molecule has 1 aliphatic rings. The van der Waals surface area contributed by atoms with Crippen LogP contribution in [0.5, 0.6) is 0 Å². The molecule has 0 saturated carbocycles. The van der Waals surface area contributed by atoms with E-state index in [1.807, 2.05) is 42.3 Å². The molecule has 7 heteroatoms. The smallest absolute Gasteiger partial charge is 0.231 e. The van der Waals surface area contributed by atoms with Crippen molar-refractivity contribution in [3.63, 3.8) is 0 Å². The first kappa shape index (κ1) is 15.2. The average molecular weight is 379 g/mol. The van der Waals surface area contributed by atoms with E-state index in [-0.39, 0.29) is 17.9 Å². The Morgan fingerprint density at radius 2 is 2.23 bits per heavy atom. The van der Waals surface area contributed by atoms with E-state index in [1.54, 1.807) is 7.05 Å². The highest BCUT2D eigenvalue weighted by Gasteiger charge is 2.34. The fourth-order valence-corrected chi connectivity index (χ4v) is 3.82. The van der Waals surface area contributed by atoms with E-state index in [4.69, 9.17) is 5.41 Å². The van der Waals surface area contributed by atoms with Crippen LogP contribution in [-0.2, 0) is 4.79 Å². The normalized spacial score (nSPS) is 19.0. The van der Waals surface area contributed by atoms with Crippen LogP contribution in [0, 0.1) is 5.41 Å². The molecule has 0 aliphatic carbocycles. The molecule has 114 valence electrons. The molecule has 1 saturated heterocycles. The fraction of sp³-hybridized carbons (Fsp3) is 0.267. The minimum absolute atomic E-state index is 0.0301. The number of benzene rings is 1. The highest BCUT2D eigenvalue weighted by atomic mass is 79.9. The first-order chi connectivity index (χ1) is 10.5. The maximum absolute atomic E-state index is 11.8. The maximum Gasteiger partial charge on any atom is 0.231 e. The lowest BCUT2D eigenvalue weighted by Gasteiger charge is -2.37. The number of guanidine groups is 1. The molecule has 1 N–H and O–H groups in total. The number of hydrogen-bond donors (Lipinski definition) is 1. The molecular formula is C15H15BrN4OS. The summed E-state index contributed by atoms with van der Waals surface area (Å²) in [5.74, 6) is 0.149. The van der Waals surface area contributed by atoms with Gasteiger partial charge in [-0.05, 0) is 24.6 Å². The van der Waals surface area contributed by atoms with Crippen molar-refractivity contribution in [2.24, 2.45) is 0 Å². The van der Waals surface area contributed by atoms with Crippen LogP contribution in [0.2, 0.25) is 0 Å². The van der Waals surface area contributed by atoms with E-state index >= 15 is 0 Å². The molecule has 2 heterocycles. The van der Waals surface area contributed by atoms with Crippen LogP contribution in [0.4, 0.5) is 5.13 Å². The van der Waals surface area contributed by atoms with Crippen molar-refractivity contribution >= 4 is 44.3 Å². The van der Waals surface area contributed by atoms with Crippen LogP contribution in [-0.4, -0.2) is 34.8 Å².